The molecule has 0 saturated carbocycles. The molecule has 0 radical (unpaired) electrons. The molecule has 1 N–H and O–H groups in total. The van der Waals surface area contributed by atoms with Crippen LogP contribution in [0.5, 0.6) is 0 Å². The van der Waals surface area contributed by atoms with Crippen LogP contribution in [0.15, 0.2) is 103 Å². The second-order valence-corrected chi connectivity index (χ2v) is 15.4. The fourth-order valence-electron chi connectivity index (χ4n) is 4.59. The Labute approximate surface area is 225 Å². The van der Waals surface area contributed by atoms with Crippen molar-refractivity contribution in [3.63, 3.8) is 0 Å². The standard InChI is InChI=1S/C29H29N2P.2ClH.Zn/c1-4-11-23(12-5-1)27-20-19-24-13-10-18-28(29(24)31-27)30-21-22-32(25-14-6-2-7-15-25)26-16-8-3-9-17-26;;;/h1-9,11-12,14-17,19-20,28,30H,10,13,18,21-22H2;2*1H;/q;;;+2/p-2. The van der Waals surface area contributed by atoms with Crippen molar-refractivity contribution < 1.29 is 15.1 Å². The van der Waals surface area contributed by atoms with Gasteiger partial charge >= 0.3 is 34.5 Å². The average molecular weight is 573 g/mol. The van der Waals surface area contributed by atoms with E-state index in [1.54, 1.807) is 0 Å². The number of pyridine rings is 1. The molecule has 35 heavy (non-hydrogen) atoms. The molecular weight excluding hydrogens is 544 g/mol. The quantitative estimate of drug-likeness (QED) is 0.187. The first-order valence-corrected chi connectivity index (χ1v) is 21.4. The Bertz CT molecular complexity index is 1120. The third-order valence-electron chi connectivity index (χ3n) is 6.21. The number of hydrogen-bond donors (Lipinski definition) is 1. The van der Waals surface area contributed by atoms with Gasteiger partial charge in [-0.25, -0.2) is 0 Å². The van der Waals surface area contributed by atoms with Gasteiger partial charge in [-0.1, -0.05) is 97.1 Å². The molecule has 3 aromatic carbocycles. The average Bonchev–Trinajstić information content (AvgIpc) is 2.93. The van der Waals surface area contributed by atoms with Crippen molar-refractivity contribution in [2.24, 2.45) is 0 Å². The number of rotatable bonds is 7. The summed E-state index contributed by atoms with van der Waals surface area (Å²) in [6.07, 6.45) is 4.65. The van der Waals surface area contributed by atoms with E-state index in [0.717, 1.165) is 31.2 Å². The van der Waals surface area contributed by atoms with Crippen LogP contribution in [0, 0.1) is 0 Å². The van der Waals surface area contributed by atoms with E-state index in [4.69, 9.17) is 24.4 Å². The summed E-state index contributed by atoms with van der Waals surface area (Å²) in [7, 11) is 9.53. The van der Waals surface area contributed by atoms with E-state index in [-0.39, 0.29) is 7.92 Å². The van der Waals surface area contributed by atoms with Crippen LogP contribution in [0.1, 0.15) is 30.1 Å². The maximum atomic E-state index is 5.12. The Morgan fingerprint density at radius 1 is 0.800 bits per heavy atom. The molecule has 1 heterocycles. The van der Waals surface area contributed by atoms with Crippen LogP contribution in [-0.4, -0.2) is 17.7 Å². The minimum absolute atomic E-state index is 0.339. The van der Waals surface area contributed by atoms with Gasteiger partial charge in [-0.15, -0.1) is 0 Å². The Balaban J connectivity index is 0.000000917. The minimum atomic E-state index is -0.931. The van der Waals surface area contributed by atoms with Crippen molar-refractivity contribution in [2.75, 3.05) is 12.7 Å². The zero-order valence-electron chi connectivity index (χ0n) is 19.8. The van der Waals surface area contributed by atoms with E-state index in [2.05, 4.69) is 108 Å². The maximum Gasteiger partial charge on any atom is 0.0706 e. The number of benzene rings is 3. The van der Waals surface area contributed by atoms with E-state index in [0.29, 0.717) is 6.04 Å². The van der Waals surface area contributed by atoms with Crippen molar-refractivity contribution in [3.8, 4) is 11.3 Å². The van der Waals surface area contributed by atoms with Crippen LogP contribution in [-0.2, 0) is 21.6 Å². The summed E-state index contributed by atoms with van der Waals surface area (Å²) in [6.45, 7) is 0.997. The molecular formula is C29H29Cl2N2PZn. The summed E-state index contributed by atoms with van der Waals surface area (Å²) >= 11 is -0.931. The molecule has 2 nitrogen and oxygen atoms in total. The molecule has 0 bridgehead atoms. The predicted molar refractivity (Wildman–Crippen MR) is 149 cm³/mol. The van der Waals surface area contributed by atoms with Gasteiger partial charge in [-0.2, -0.15) is 0 Å². The molecule has 0 saturated heterocycles. The first-order chi connectivity index (χ1) is 17.3. The summed E-state index contributed by atoms with van der Waals surface area (Å²) in [5, 5.41) is 6.78. The van der Waals surface area contributed by atoms with Gasteiger partial charge in [0.15, 0.2) is 0 Å². The SMILES string of the molecule is [Cl][Zn][Cl].c1ccc(-c2ccc3c(n2)C(NCCP(c2ccccc2)c2ccccc2)CCC3)cc1. The van der Waals surface area contributed by atoms with Gasteiger partial charge in [0.2, 0.25) is 0 Å². The molecule has 1 aliphatic rings. The number of nitrogens with zero attached hydrogens (tertiary/aromatic N) is 1. The number of hydrogen-bond acceptors (Lipinski definition) is 2. The predicted octanol–water partition coefficient (Wildman–Crippen LogP) is 7.23. The van der Waals surface area contributed by atoms with E-state index >= 15 is 0 Å². The second kappa shape index (κ2) is 14.2. The van der Waals surface area contributed by atoms with Crippen LogP contribution >= 0.6 is 27.3 Å². The number of aromatic nitrogens is 1. The Morgan fingerprint density at radius 3 is 1.97 bits per heavy atom. The van der Waals surface area contributed by atoms with Crippen molar-refractivity contribution >= 4 is 37.9 Å². The van der Waals surface area contributed by atoms with Crippen molar-refractivity contribution in [3.05, 3.63) is 114 Å². The largest absolute Gasteiger partial charge is 0.308 e. The topological polar surface area (TPSA) is 24.9 Å². The van der Waals surface area contributed by atoms with Crippen LogP contribution in [0.2, 0.25) is 0 Å². The fraction of sp³-hybridized carbons (Fsp3) is 0.207. The molecule has 5 rings (SSSR count). The summed E-state index contributed by atoms with van der Waals surface area (Å²) in [5.41, 5.74) is 4.92. The molecule has 1 unspecified atom stereocenters. The molecule has 1 atom stereocenters. The molecule has 0 spiro atoms. The maximum absolute atomic E-state index is 5.12. The zero-order valence-corrected chi connectivity index (χ0v) is 25.2. The third kappa shape index (κ3) is 7.45. The summed E-state index contributed by atoms with van der Waals surface area (Å²) in [5.74, 6) is 0. The number of halogens is 2. The zero-order chi connectivity index (χ0) is 24.3. The van der Waals surface area contributed by atoms with Gasteiger partial charge < -0.3 is 5.32 Å². The van der Waals surface area contributed by atoms with Crippen LogP contribution in [0.25, 0.3) is 11.3 Å². The van der Waals surface area contributed by atoms with Crippen LogP contribution in [0.3, 0.4) is 0 Å². The van der Waals surface area contributed by atoms with Gasteiger partial charge in [0.05, 0.1) is 11.4 Å². The monoisotopic (exact) mass is 570 g/mol. The van der Waals surface area contributed by atoms with Gasteiger partial charge in [0.1, 0.15) is 0 Å². The molecule has 0 amide bonds. The van der Waals surface area contributed by atoms with Crippen molar-refractivity contribution in [1.82, 2.24) is 10.3 Å². The van der Waals surface area contributed by atoms with Crippen molar-refractivity contribution in [2.45, 2.75) is 25.3 Å². The molecule has 0 aliphatic heterocycles. The van der Waals surface area contributed by atoms with E-state index in [1.807, 2.05) is 0 Å². The molecule has 4 aromatic rings. The first-order valence-electron chi connectivity index (χ1n) is 12.1. The Morgan fingerprint density at radius 2 is 1.37 bits per heavy atom. The van der Waals surface area contributed by atoms with E-state index in [1.165, 1.54) is 33.9 Å². The molecule has 1 aromatic heterocycles. The van der Waals surface area contributed by atoms with E-state index in [9.17, 15) is 0 Å². The van der Waals surface area contributed by atoms with Gasteiger partial charge in [0.25, 0.3) is 0 Å². The van der Waals surface area contributed by atoms with Gasteiger partial charge in [0, 0.05) is 18.2 Å². The first kappa shape index (κ1) is 26.5. The van der Waals surface area contributed by atoms with Crippen LogP contribution < -0.4 is 15.9 Å². The summed E-state index contributed by atoms with van der Waals surface area (Å²) < 4.78 is 0. The van der Waals surface area contributed by atoms with Gasteiger partial charge in [-0.3, -0.25) is 4.98 Å². The van der Waals surface area contributed by atoms with E-state index < -0.39 is 15.1 Å². The molecule has 0 fully saturated rings. The number of nitrogens with one attached hydrogen (secondary N) is 1. The number of aryl methyl sites for hydroxylation is 1. The van der Waals surface area contributed by atoms with Crippen LogP contribution in [0.4, 0.5) is 0 Å². The Kier molecular flexibility index (Phi) is 10.8. The summed E-state index contributed by atoms with van der Waals surface area (Å²) in [4.78, 5) is 5.12. The second-order valence-electron chi connectivity index (χ2n) is 8.43. The van der Waals surface area contributed by atoms with Gasteiger partial charge in [-0.05, 0) is 55.6 Å². The minimum Gasteiger partial charge on any atom is -0.308 e. The Hall–Kier alpha value is -1.60. The third-order valence-corrected chi connectivity index (χ3v) is 8.73. The molecule has 176 valence electrons. The summed E-state index contributed by atoms with van der Waals surface area (Å²) in [6, 6.07) is 37.3. The molecule has 6 heteroatoms. The molecule has 1 aliphatic carbocycles. The number of fused-ring (bicyclic) bond motifs is 1. The normalized spacial score (nSPS) is 14.4. The van der Waals surface area contributed by atoms with Crippen molar-refractivity contribution in [1.29, 1.82) is 0 Å². The fourth-order valence-corrected chi connectivity index (χ4v) is 6.82. The smallest absolute Gasteiger partial charge is 0.0706 e.